The fraction of sp³-hybridized carbons (Fsp3) is 0.333. The van der Waals surface area contributed by atoms with Gasteiger partial charge in [0, 0.05) is 4.88 Å². The molecule has 0 aliphatic rings. The second-order valence-corrected chi connectivity index (χ2v) is 10.8. The molecule has 0 aliphatic heterocycles. The van der Waals surface area contributed by atoms with E-state index in [1.807, 2.05) is 12.1 Å². The third-order valence-electron chi connectivity index (χ3n) is 2.69. The monoisotopic (exact) mass is 292 g/mol. The maximum Gasteiger partial charge on any atom is 0.185 e. The Hall–Kier alpha value is -1.10. The van der Waals surface area contributed by atoms with E-state index in [2.05, 4.69) is 49.3 Å². The topological polar surface area (TPSA) is 18.5 Å². The molecule has 4 heteroatoms. The number of hydrogen-bond donors (Lipinski definition) is 0. The van der Waals surface area contributed by atoms with Crippen LogP contribution in [0.15, 0.2) is 41.8 Å². The first-order valence-corrected chi connectivity index (χ1v) is 10.6. The van der Waals surface area contributed by atoms with Crippen LogP contribution in [0.1, 0.15) is 16.5 Å². The molecule has 0 spiro atoms. The number of hydrogen-bond acceptors (Lipinski definition) is 3. The average molecular weight is 292 g/mol. The normalized spacial score (nSPS) is 13.3. The van der Waals surface area contributed by atoms with Gasteiger partial charge in [-0.25, -0.2) is 0 Å². The number of thiophene rings is 1. The van der Waals surface area contributed by atoms with Gasteiger partial charge in [-0.1, -0.05) is 18.2 Å². The van der Waals surface area contributed by atoms with Gasteiger partial charge >= 0.3 is 0 Å². The van der Waals surface area contributed by atoms with Crippen LogP contribution in [-0.4, -0.2) is 15.4 Å². The van der Waals surface area contributed by atoms with Gasteiger partial charge in [0.1, 0.15) is 11.9 Å². The van der Waals surface area contributed by atoms with Crippen molar-refractivity contribution in [1.82, 2.24) is 0 Å². The van der Waals surface area contributed by atoms with E-state index >= 15 is 0 Å². The van der Waals surface area contributed by atoms with E-state index in [-0.39, 0.29) is 6.10 Å². The molecule has 0 saturated heterocycles. The van der Waals surface area contributed by atoms with Crippen molar-refractivity contribution in [1.29, 1.82) is 0 Å². The summed E-state index contributed by atoms with van der Waals surface area (Å²) in [6, 6.07) is 12.4. The first kappa shape index (κ1) is 14.3. The van der Waals surface area contributed by atoms with Crippen LogP contribution in [0, 0.1) is 0 Å². The quantitative estimate of drug-likeness (QED) is 0.744. The lowest BCUT2D eigenvalue weighted by Crippen LogP contribution is -2.28. The Morgan fingerprint density at radius 3 is 2.21 bits per heavy atom. The van der Waals surface area contributed by atoms with Crippen molar-refractivity contribution in [2.45, 2.75) is 25.7 Å². The molecule has 0 fully saturated rings. The average Bonchev–Trinajstić information content (AvgIpc) is 2.89. The fourth-order valence-corrected chi connectivity index (χ4v) is 3.70. The van der Waals surface area contributed by atoms with E-state index in [0.717, 1.165) is 5.75 Å². The molecule has 1 aromatic carbocycles. The zero-order valence-electron chi connectivity index (χ0n) is 11.8. The van der Waals surface area contributed by atoms with Crippen molar-refractivity contribution < 1.29 is 9.16 Å². The molecule has 1 unspecified atom stereocenters. The van der Waals surface area contributed by atoms with Gasteiger partial charge in [-0.05, 0) is 48.8 Å². The molecule has 0 radical (unpaired) electrons. The number of ether oxygens (including phenoxy) is 1. The minimum Gasteiger partial charge on any atom is -0.497 e. The molecule has 0 N–H and O–H groups in total. The zero-order chi connectivity index (χ0) is 13.9. The van der Waals surface area contributed by atoms with Gasteiger partial charge in [0.25, 0.3) is 0 Å². The molecule has 102 valence electrons. The third-order valence-corrected chi connectivity index (χ3v) is 4.55. The summed E-state index contributed by atoms with van der Waals surface area (Å²) in [5.41, 5.74) is 1.19. The van der Waals surface area contributed by atoms with Crippen molar-refractivity contribution in [3.8, 4) is 5.75 Å². The van der Waals surface area contributed by atoms with E-state index < -0.39 is 8.32 Å². The summed E-state index contributed by atoms with van der Waals surface area (Å²) in [6.45, 7) is 6.66. The predicted octanol–water partition coefficient (Wildman–Crippen LogP) is 4.70. The molecular weight excluding hydrogens is 272 g/mol. The predicted molar refractivity (Wildman–Crippen MR) is 83.6 cm³/mol. The van der Waals surface area contributed by atoms with Gasteiger partial charge in [0.2, 0.25) is 0 Å². The summed E-state index contributed by atoms with van der Waals surface area (Å²) >= 11 is 1.74. The highest BCUT2D eigenvalue weighted by Crippen LogP contribution is 2.33. The number of methoxy groups -OCH3 is 1. The smallest absolute Gasteiger partial charge is 0.185 e. The second-order valence-electron chi connectivity index (χ2n) is 5.40. The van der Waals surface area contributed by atoms with Crippen LogP contribution in [-0.2, 0) is 4.43 Å². The lowest BCUT2D eigenvalue weighted by atomic mass is 10.1. The highest BCUT2D eigenvalue weighted by atomic mass is 32.1. The summed E-state index contributed by atoms with van der Waals surface area (Å²) < 4.78 is 11.6. The van der Waals surface area contributed by atoms with Gasteiger partial charge in [0.15, 0.2) is 8.32 Å². The second kappa shape index (κ2) is 5.90. The number of rotatable bonds is 5. The van der Waals surface area contributed by atoms with E-state index in [1.165, 1.54) is 10.4 Å². The molecule has 2 nitrogen and oxygen atoms in total. The minimum atomic E-state index is -1.61. The summed E-state index contributed by atoms with van der Waals surface area (Å²) in [7, 11) is 0.0791. The molecule has 0 amide bonds. The van der Waals surface area contributed by atoms with Crippen molar-refractivity contribution in [2.75, 3.05) is 7.11 Å². The van der Waals surface area contributed by atoms with Gasteiger partial charge < -0.3 is 9.16 Å². The Labute approximate surface area is 120 Å². The molecule has 0 aliphatic carbocycles. The third kappa shape index (κ3) is 3.93. The first-order chi connectivity index (χ1) is 8.99. The van der Waals surface area contributed by atoms with Crippen LogP contribution in [0.25, 0.3) is 0 Å². The molecule has 1 aromatic heterocycles. The highest BCUT2D eigenvalue weighted by molar-refractivity contribution is 7.10. The Morgan fingerprint density at radius 1 is 1.05 bits per heavy atom. The van der Waals surface area contributed by atoms with E-state index in [0.29, 0.717) is 0 Å². The lowest BCUT2D eigenvalue weighted by molar-refractivity contribution is 0.243. The zero-order valence-corrected chi connectivity index (χ0v) is 13.7. The SMILES string of the molecule is COc1ccc(C(O[Si](C)(C)C)c2cccs2)cc1. The Kier molecular flexibility index (Phi) is 4.45. The van der Waals surface area contributed by atoms with Crippen LogP contribution < -0.4 is 4.74 Å². The van der Waals surface area contributed by atoms with Crippen LogP contribution in [0.2, 0.25) is 19.6 Å². The van der Waals surface area contributed by atoms with Crippen molar-refractivity contribution in [2.24, 2.45) is 0 Å². The van der Waals surface area contributed by atoms with Crippen molar-refractivity contribution in [3.05, 3.63) is 52.2 Å². The summed E-state index contributed by atoms with van der Waals surface area (Å²) in [5, 5.41) is 2.10. The molecule has 2 rings (SSSR count). The van der Waals surface area contributed by atoms with Gasteiger partial charge in [0.05, 0.1) is 7.11 Å². The Morgan fingerprint density at radius 2 is 1.74 bits per heavy atom. The number of benzene rings is 1. The van der Waals surface area contributed by atoms with E-state index in [1.54, 1.807) is 18.4 Å². The highest BCUT2D eigenvalue weighted by Gasteiger charge is 2.24. The molecular formula is C15H20O2SSi. The maximum absolute atomic E-state index is 6.35. The van der Waals surface area contributed by atoms with E-state index in [4.69, 9.17) is 9.16 Å². The molecule has 0 saturated carbocycles. The summed E-state index contributed by atoms with van der Waals surface area (Å²) in [6.07, 6.45) is 0.0394. The van der Waals surface area contributed by atoms with Gasteiger partial charge in [-0.2, -0.15) is 0 Å². The Balaban J connectivity index is 2.31. The van der Waals surface area contributed by atoms with Crippen LogP contribution >= 0.6 is 11.3 Å². The minimum absolute atomic E-state index is 0.0394. The van der Waals surface area contributed by atoms with Crippen LogP contribution in [0.5, 0.6) is 5.75 Å². The van der Waals surface area contributed by atoms with Crippen LogP contribution in [0.4, 0.5) is 0 Å². The maximum atomic E-state index is 6.35. The lowest BCUT2D eigenvalue weighted by Gasteiger charge is -2.26. The standard InChI is InChI=1S/C15H20O2SSi/c1-16-13-9-7-12(8-10-13)15(17-19(2,3)4)14-6-5-11-18-14/h5-11,15H,1-4H3. The van der Waals surface area contributed by atoms with E-state index in [9.17, 15) is 0 Å². The Bertz CT molecular complexity index is 500. The summed E-state index contributed by atoms with van der Waals surface area (Å²) in [5.74, 6) is 0.877. The molecule has 1 atom stereocenters. The summed E-state index contributed by atoms with van der Waals surface area (Å²) in [4.78, 5) is 1.26. The van der Waals surface area contributed by atoms with Crippen molar-refractivity contribution in [3.63, 3.8) is 0 Å². The van der Waals surface area contributed by atoms with Gasteiger partial charge in [-0.15, -0.1) is 11.3 Å². The van der Waals surface area contributed by atoms with Gasteiger partial charge in [-0.3, -0.25) is 0 Å². The molecule has 1 heterocycles. The largest absolute Gasteiger partial charge is 0.497 e. The first-order valence-electron chi connectivity index (χ1n) is 6.35. The fourth-order valence-electron chi connectivity index (χ4n) is 1.86. The molecule has 2 aromatic rings. The van der Waals surface area contributed by atoms with Crippen LogP contribution in [0.3, 0.4) is 0 Å². The van der Waals surface area contributed by atoms with Crippen molar-refractivity contribution >= 4 is 19.7 Å². The molecule has 0 bridgehead atoms. The molecule has 19 heavy (non-hydrogen) atoms.